The molecule has 0 spiro atoms. The molecule has 1 heterocycles. The average Bonchev–Trinajstić information content (AvgIpc) is 3.09. The van der Waals surface area contributed by atoms with Gasteiger partial charge in [0.05, 0.1) is 18.1 Å². The lowest BCUT2D eigenvalue weighted by Gasteiger charge is -2.07. The van der Waals surface area contributed by atoms with Crippen LogP contribution in [0.3, 0.4) is 0 Å². The van der Waals surface area contributed by atoms with E-state index in [1.54, 1.807) is 0 Å². The fourth-order valence-electron chi connectivity index (χ4n) is 2.75. The lowest BCUT2D eigenvalue weighted by atomic mass is 10.1. The average molecular weight is 332 g/mol. The Balaban J connectivity index is 1.65. The van der Waals surface area contributed by atoms with Gasteiger partial charge >= 0.3 is 5.97 Å². The summed E-state index contributed by atoms with van der Waals surface area (Å²) in [6.07, 6.45) is 0. The maximum Gasteiger partial charge on any atom is 0.343 e. The summed E-state index contributed by atoms with van der Waals surface area (Å²) in [7, 11) is 1.34. The number of aromatic amines is 1. The van der Waals surface area contributed by atoms with Crippen molar-refractivity contribution in [2.75, 3.05) is 13.7 Å². The van der Waals surface area contributed by atoms with Crippen molar-refractivity contribution in [2.24, 2.45) is 0 Å². The molecule has 0 radical (unpaired) electrons. The summed E-state index contributed by atoms with van der Waals surface area (Å²) < 4.78 is 10.0. The standard InChI is InChI=1S/C20H16N2O3/c1-24-19(23)12-25-16-9-8-13-10-15(7-6-14(13)11-16)20-21-17-4-2-3-5-18(17)22-20/h2-11H,12H2,1H3,(H,21,22). The van der Waals surface area contributed by atoms with E-state index in [2.05, 4.69) is 20.8 Å². The van der Waals surface area contributed by atoms with Crippen LogP contribution in [0.4, 0.5) is 0 Å². The fraction of sp³-hybridized carbons (Fsp3) is 0.100. The number of carbonyl (C=O) groups excluding carboxylic acids is 1. The van der Waals surface area contributed by atoms with Crippen molar-refractivity contribution in [2.45, 2.75) is 0 Å². The third kappa shape index (κ3) is 3.04. The highest BCUT2D eigenvalue weighted by atomic mass is 16.6. The smallest absolute Gasteiger partial charge is 0.343 e. The minimum Gasteiger partial charge on any atom is -0.482 e. The topological polar surface area (TPSA) is 64.2 Å². The van der Waals surface area contributed by atoms with Crippen LogP contribution in [0.25, 0.3) is 33.2 Å². The molecule has 0 unspecified atom stereocenters. The third-order valence-corrected chi connectivity index (χ3v) is 4.06. The zero-order valence-corrected chi connectivity index (χ0v) is 13.7. The molecule has 4 rings (SSSR count). The van der Waals surface area contributed by atoms with Crippen LogP contribution in [0.5, 0.6) is 5.75 Å². The maximum absolute atomic E-state index is 11.2. The summed E-state index contributed by atoms with van der Waals surface area (Å²) in [4.78, 5) is 19.1. The van der Waals surface area contributed by atoms with Crippen molar-refractivity contribution >= 4 is 27.8 Å². The van der Waals surface area contributed by atoms with E-state index in [9.17, 15) is 4.79 Å². The van der Waals surface area contributed by atoms with Gasteiger partial charge in [0.25, 0.3) is 0 Å². The molecule has 0 saturated carbocycles. The minimum atomic E-state index is -0.402. The molecule has 124 valence electrons. The van der Waals surface area contributed by atoms with E-state index in [1.165, 1.54) is 7.11 Å². The molecule has 5 nitrogen and oxygen atoms in total. The van der Waals surface area contributed by atoms with E-state index in [-0.39, 0.29) is 6.61 Å². The van der Waals surface area contributed by atoms with Crippen LogP contribution in [0.1, 0.15) is 0 Å². The number of ether oxygens (including phenoxy) is 2. The number of nitrogens with one attached hydrogen (secondary N) is 1. The Bertz CT molecular complexity index is 1040. The lowest BCUT2D eigenvalue weighted by Crippen LogP contribution is -2.12. The summed E-state index contributed by atoms with van der Waals surface area (Å²) in [6.45, 7) is -0.0981. The first-order valence-corrected chi connectivity index (χ1v) is 7.91. The van der Waals surface area contributed by atoms with Crippen LogP contribution < -0.4 is 4.74 Å². The van der Waals surface area contributed by atoms with Crippen LogP contribution >= 0.6 is 0 Å². The summed E-state index contributed by atoms with van der Waals surface area (Å²) in [5.74, 6) is 1.07. The highest BCUT2D eigenvalue weighted by Crippen LogP contribution is 2.27. The molecular formula is C20H16N2O3. The van der Waals surface area contributed by atoms with E-state index in [0.29, 0.717) is 5.75 Å². The number of hydrogen-bond acceptors (Lipinski definition) is 4. The van der Waals surface area contributed by atoms with Gasteiger partial charge in [-0.3, -0.25) is 0 Å². The van der Waals surface area contributed by atoms with Crippen molar-refractivity contribution in [3.05, 3.63) is 60.7 Å². The monoisotopic (exact) mass is 332 g/mol. The van der Waals surface area contributed by atoms with Gasteiger partial charge in [-0.25, -0.2) is 9.78 Å². The van der Waals surface area contributed by atoms with Gasteiger partial charge in [0.2, 0.25) is 0 Å². The molecule has 1 N–H and O–H groups in total. The van der Waals surface area contributed by atoms with Gasteiger partial charge < -0.3 is 14.5 Å². The molecule has 5 heteroatoms. The molecule has 0 amide bonds. The Labute approximate surface area is 144 Å². The highest BCUT2D eigenvalue weighted by Gasteiger charge is 2.07. The molecule has 0 bridgehead atoms. The molecule has 4 aromatic rings. The number of rotatable bonds is 4. The largest absolute Gasteiger partial charge is 0.482 e. The van der Waals surface area contributed by atoms with Crippen LogP contribution in [-0.2, 0) is 9.53 Å². The molecule has 3 aromatic carbocycles. The first-order valence-electron chi connectivity index (χ1n) is 7.91. The number of nitrogens with zero attached hydrogens (tertiary/aromatic N) is 1. The summed E-state index contributed by atoms with van der Waals surface area (Å²) >= 11 is 0. The zero-order chi connectivity index (χ0) is 17.2. The molecule has 0 aliphatic heterocycles. The Kier molecular flexibility index (Phi) is 3.82. The van der Waals surface area contributed by atoms with Crippen molar-refractivity contribution < 1.29 is 14.3 Å². The van der Waals surface area contributed by atoms with E-state index < -0.39 is 5.97 Å². The first kappa shape index (κ1) is 15.2. The van der Waals surface area contributed by atoms with Crippen LogP contribution in [0.15, 0.2) is 60.7 Å². The van der Waals surface area contributed by atoms with Gasteiger partial charge in [-0.2, -0.15) is 0 Å². The highest BCUT2D eigenvalue weighted by molar-refractivity contribution is 5.89. The number of aromatic nitrogens is 2. The van der Waals surface area contributed by atoms with E-state index in [1.807, 2.05) is 54.6 Å². The van der Waals surface area contributed by atoms with Crippen molar-refractivity contribution in [3.63, 3.8) is 0 Å². The molecular weight excluding hydrogens is 316 g/mol. The molecule has 1 aromatic heterocycles. The lowest BCUT2D eigenvalue weighted by molar-refractivity contribution is -0.142. The second-order valence-corrected chi connectivity index (χ2v) is 5.69. The van der Waals surface area contributed by atoms with Crippen molar-refractivity contribution in [3.8, 4) is 17.1 Å². The summed E-state index contributed by atoms with van der Waals surface area (Å²) in [5, 5.41) is 2.10. The second-order valence-electron chi connectivity index (χ2n) is 5.69. The Morgan fingerprint density at radius 3 is 2.68 bits per heavy atom. The van der Waals surface area contributed by atoms with Gasteiger partial charge in [-0.1, -0.05) is 30.3 Å². The van der Waals surface area contributed by atoms with Crippen LogP contribution in [0, 0.1) is 0 Å². The second kappa shape index (κ2) is 6.28. The van der Waals surface area contributed by atoms with E-state index in [4.69, 9.17) is 4.74 Å². The Morgan fingerprint density at radius 1 is 1.04 bits per heavy atom. The van der Waals surface area contributed by atoms with E-state index in [0.717, 1.165) is 33.2 Å². The number of H-pyrrole nitrogens is 1. The molecule has 0 fully saturated rings. The number of hydrogen-bond donors (Lipinski definition) is 1. The molecule has 0 saturated heterocycles. The molecule has 0 aliphatic rings. The number of fused-ring (bicyclic) bond motifs is 2. The normalized spacial score (nSPS) is 10.9. The van der Waals surface area contributed by atoms with Gasteiger partial charge in [-0.05, 0) is 41.1 Å². The number of methoxy groups -OCH3 is 1. The number of benzene rings is 3. The summed E-state index contributed by atoms with van der Waals surface area (Å²) in [5.41, 5.74) is 2.99. The third-order valence-electron chi connectivity index (χ3n) is 4.06. The number of imidazole rings is 1. The Morgan fingerprint density at radius 2 is 1.84 bits per heavy atom. The molecule has 25 heavy (non-hydrogen) atoms. The molecule has 0 atom stereocenters. The van der Waals surface area contributed by atoms with Gasteiger partial charge in [0, 0.05) is 5.56 Å². The maximum atomic E-state index is 11.2. The van der Waals surface area contributed by atoms with Crippen LogP contribution in [0.2, 0.25) is 0 Å². The minimum absolute atomic E-state index is 0.0981. The van der Waals surface area contributed by atoms with Crippen molar-refractivity contribution in [1.82, 2.24) is 9.97 Å². The van der Waals surface area contributed by atoms with Crippen molar-refractivity contribution in [1.29, 1.82) is 0 Å². The quantitative estimate of drug-likeness (QED) is 0.575. The first-order chi connectivity index (χ1) is 12.2. The van der Waals surface area contributed by atoms with E-state index >= 15 is 0 Å². The number of carbonyl (C=O) groups is 1. The predicted molar refractivity (Wildman–Crippen MR) is 96.5 cm³/mol. The SMILES string of the molecule is COC(=O)COc1ccc2cc(-c3nc4ccccc4[nH]3)ccc2c1. The van der Waals surface area contributed by atoms with Gasteiger partial charge in [-0.15, -0.1) is 0 Å². The fourth-order valence-corrected chi connectivity index (χ4v) is 2.75. The zero-order valence-electron chi connectivity index (χ0n) is 13.7. The van der Waals surface area contributed by atoms with Crippen LogP contribution in [-0.4, -0.2) is 29.7 Å². The molecule has 0 aliphatic carbocycles. The number of esters is 1. The summed E-state index contributed by atoms with van der Waals surface area (Å²) in [6, 6.07) is 19.8. The number of para-hydroxylation sites is 2. The predicted octanol–water partition coefficient (Wildman–Crippen LogP) is 3.93. The van der Waals surface area contributed by atoms with Gasteiger partial charge in [0.15, 0.2) is 6.61 Å². The Hall–Kier alpha value is -3.34. The van der Waals surface area contributed by atoms with Gasteiger partial charge in [0.1, 0.15) is 11.6 Å².